The van der Waals surface area contributed by atoms with Gasteiger partial charge in [-0.2, -0.15) is 0 Å². The molecule has 1 heterocycles. The van der Waals surface area contributed by atoms with E-state index < -0.39 is 0 Å². The van der Waals surface area contributed by atoms with Gasteiger partial charge in [-0.3, -0.25) is 4.90 Å². The Balaban J connectivity index is 2.61. The molecule has 0 saturated carbocycles. The Morgan fingerprint density at radius 3 is 2.33 bits per heavy atom. The van der Waals surface area contributed by atoms with Crippen molar-refractivity contribution in [2.75, 3.05) is 19.7 Å². The van der Waals surface area contributed by atoms with Crippen molar-refractivity contribution in [3.63, 3.8) is 0 Å². The Morgan fingerprint density at radius 1 is 1.40 bits per heavy atom. The minimum atomic E-state index is 0.0551. The summed E-state index contributed by atoms with van der Waals surface area (Å²) in [4.78, 5) is 2.37. The highest BCUT2D eigenvalue weighted by Gasteiger charge is 2.38. The molecule has 1 aliphatic rings. The molecule has 1 fully saturated rings. The molecule has 0 aromatic carbocycles. The average Bonchev–Trinajstić information content (AvgIpc) is 2.64. The number of nitrogens with zero attached hydrogens (tertiary/aromatic N) is 1. The van der Waals surface area contributed by atoms with Crippen LogP contribution in [0.3, 0.4) is 0 Å². The highest BCUT2D eigenvalue weighted by Crippen LogP contribution is 2.37. The topological polar surface area (TPSA) is 49.5 Å². The number of nitrogens with two attached hydrogens (primary N) is 1. The van der Waals surface area contributed by atoms with E-state index in [1.165, 1.54) is 19.3 Å². The van der Waals surface area contributed by atoms with Crippen molar-refractivity contribution in [2.45, 2.75) is 52.1 Å². The molecule has 1 rings (SSSR count). The van der Waals surface area contributed by atoms with Crippen molar-refractivity contribution in [2.24, 2.45) is 11.1 Å². The molecular formula is C12H26N2O. The van der Waals surface area contributed by atoms with E-state index in [-0.39, 0.29) is 18.7 Å². The van der Waals surface area contributed by atoms with Crippen molar-refractivity contribution >= 4 is 0 Å². The van der Waals surface area contributed by atoms with Gasteiger partial charge in [0, 0.05) is 18.6 Å². The fourth-order valence-corrected chi connectivity index (χ4v) is 2.69. The third kappa shape index (κ3) is 2.71. The normalized spacial score (nSPS) is 25.4. The summed E-state index contributed by atoms with van der Waals surface area (Å²) in [5, 5.41) is 9.35. The van der Waals surface area contributed by atoms with Crippen LogP contribution >= 0.6 is 0 Å². The molecule has 0 aromatic heterocycles. The van der Waals surface area contributed by atoms with E-state index >= 15 is 0 Å². The third-order valence-electron chi connectivity index (χ3n) is 4.23. The lowest BCUT2D eigenvalue weighted by Gasteiger charge is -2.32. The average molecular weight is 214 g/mol. The molecule has 0 aliphatic carbocycles. The second kappa shape index (κ2) is 5.28. The number of likely N-dealkylation sites (tertiary alicyclic amines) is 1. The maximum atomic E-state index is 9.35. The summed E-state index contributed by atoms with van der Waals surface area (Å²) in [6.07, 6.45) is 3.72. The van der Waals surface area contributed by atoms with E-state index in [1.54, 1.807) is 0 Å². The van der Waals surface area contributed by atoms with Gasteiger partial charge in [-0.15, -0.1) is 0 Å². The Hall–Kier alpha value is -0.120. The largest absolute Gasteiger partial charge is 0.395 e. The van der Waals surface area contributed by atoms with Gasteiger partial charge in [-0.05, 0) is 38.1 Å². The predicted molar refractivity (Wildman–Crippen MR) is 63.7 cm³/mol. The summed E-state index contributed by atoms with van der Waals surface area (Å²) in [5.74, 6) is 0. The smallest absolute Gasteiger partial charge is 0.0601 e. The molecule has 3 heteroatoms. The first kappa shape index (κ1) is 12.9. The number of hydrogen-bond acceptors (Lipinski definition) is 3. The van der Waals surface area contributed by atoms with Gasteiger partial charge in [0.25, 0.3) is 0 Å². The third-order valence-corrected chi connectivity index (χ3v) is 4.23. The summed E-state index contributed by atoms with van der Waals surface area (Å²) in [5.41, 5.74) is 6.37. The molecule has 15 heavy (non-hydrogen) atoms. The summed E-state index contributed by atoms with van der Waals surface area (Å²) < 4.78 is 0. The van der Waals surface area contributed by atoms with Crippen molar-refractivity contribution in [3.05, 3.63) is 0 Å². The molecule has 0 amide bonds. The van der Waals surface area contributed by atoms with Crippen LogP contribution in [0, 0.1) is 5.41 Å². The number of rotatable bonds is 5. The molecule has 0 spiro atoms. The Morgan fingerprint density at radius 2 is 2.00 bits per heavy atom. The van der Waals surface area contributed by atoms with Crippen LogP contribution in [0.25, 0.3) is 0 Å². The van der Waals surface area contributed by atoms with Gasteiger partial charge in [-0.1, -0.05) is 13.8 Å². The van der Waals surface area contributed by atoms with Gasteiger partial charge in [0.15, 0.2) is 0 Å². The van der Waals surface area contributed by atoms with Gasteiger partial charge in [0.1, 0.15) is 0 Å². The fourth-order valence-electron chi connectivity index (χ4n) is 2.69. The highest BCUT2D eigenvalue weighted by molar-refractivity contribution is 4.92. The Labute approximate surface area is 93.6 Å². The lowest BCUT2D eigenvalue weighted by Crippen LogP contribution is -2.48. The lowest BCUT2D eigenvalue weighted by molar-refractivity contribution is 0.114. The first-order valence-corrected chi connectivity index (χ1v) is 6.19. The molecule has 1 saturated heterocycles. The molecule has 2 unspecified atom stereocenters. The van der Waals surface area contributed by atoms with Gasteiger partial charge >= 0.3 is 0 Å². The summed E-state index contributed by atoms with van der Waals surface area (Å²) in [7, 11) is 0. The Bertz CT molecular complexity index is 190. The Kier molecular flexibility index (Phi) is 4.56. The van der Waals surface area contributed by atoms with Gasteiger partial charge in [-0.25, -0.2) is 0 Å². The zero-order chi connectivity index (χ0) is 11.5. The van der Waals surface area contributed by atoms with Crippen LogP contribution in [0.2, 0.25) is 0 Å². The van der Waals surface area contributed by atoms with E-state index in [0.29, 0.717) is 5.41 Å². The molecular weight excluding hydrogens is 188 g/mol. The van der Waals surface area contributed by atoms with Gasteiger partial charge in [0.05, 0.1) is 6.61 Å². The monoisotopic (exact) mass is 214 g/mol. The van der Waals surface area contributed by atoms with Crippen molar-refractivity contribution in [1.82, 2.24) is 4.90 Å². The number of hydrogen-bond donors (Lipinski definition) is 2. The van der Waals surface area contributed by atoms with E-state index in [1.807, 2.05) is 6.92 Å². The first-order valence-electron chi connectivity index (χ1n) is 6.19. The zero-order valence-corrected chi connectivity index (χ0v) is 10.4. The van der Waals surface area contributed by atoms with Crippen LogP contribution in [-0.2, 0) is 0 Å². The molecule has 0 radical (unpaired) electrons. The number of aliphatic hydroxyl groups is 1. The van der Waals surface area contributed by atoms with E-state index in [4.69, 9.17) is 5.73 Å². The summed E-state index contributed by atoms with van der Waals surface area (Å²) in [6.45, 7) is 8.90. The highest BCUT2D eigenvalue weighted by atomic mass is 16.3. The maximum Gasteiger partial charge on any atom is 0.0601 e. The van der Waals surface area contributed by atoms with Gasteiger partial charge < -0.3 is 10.8 Å². The van der Waals surface area contributed by atoms with E-state index in [2.05, 4.69) is 18.7 Å². The molecule has 1 aliphatic heterocycles. The molecule has 0 aromatic rings. The SMILES string of the molecule is CCC1(CC)CCN(C(CO)C(C)N)C1. The minimum absolute atomic E-state index is 0.0551. The quantitative estimate of drug-likeness (QED) is 0.723. The molecule has 2 atom stereocenters. The van der Waals surface area contributed by atoms with E-state index in [9.17, 15) is 5.11 Å². The van der Waals surface area contributed by atoms with Crippen LogP contribution in [0.5, 0.6) is 0 Å². The van der Waals surface area contributed by atoms with Crippen LogP contribution in [0.4, 0.5) is 0 Å². The van der Waals surface area contributed by atoms with Crippen molar-refractivity contribution in [1.29, 1.82) is 0 Å². The second-order valence-corrected chi connectivity index (χ2v) is 5.04. The minimum Gasteiger partial charge on any atom is -0.395 e. The number of aliphatic hydroxyl groups excluding tert-OH is 1. The lowest BCUT2D eigenvalue weighted by atomic mass is 9.82. The zero-order valence-electron chi connectivity index (χ0n) is 10.4. The molecule has 3 N–H and O–H groups in total. The standard InChI is InChI=1S/C12H26N2O/c1-4-12(5-2)6-7-14(9-12)11(8-15)10(3)13/h10-11,15H,4-9,13H2,1-3H3. The fraction of sp³-hybridized carbons (Fsp3) is 1.00. The molecule has 90 valence electrons. The maximum absolute atomic E-state index is 9.35. The van der Waals surface area contributed by atoms with Crippen LogP contribution in [0.1, 0.15) is 40.0 Å². The van der Waals surface area contributed by atoms with Crippen molar-refractivity contribution in [3.8, 4) is 0 Å². The first-order chi connectivity index (χ1) is 7.08. The summed E-state index contributed by atoms with van der Waals surface area (Å²) >= 11 is 0. The molecule has 0 bridgehead atoms. The van der Waals surface area contributed by atoms with Crippen LogP contribution < -0.4 is 5.73 Å². The summed E-state index contributed by atoms with van der Waals surface area (Å²) in [6, 6.07) is 0.199. The molecule has 3 nitrogen and oxygen atoms in total. The van der Waals surface area contributed by atoms with E-state index in [0.717, 1.165) is 13.1 Å². The van der Waals surface area contributed by atoms with Crippen LogP contribution in [0.15, 0.2) is 0 Å². The predicted octanol–water partition coefficient (Wildman–Crippen LogP) is 1.21. The second-order valence-electron chi connectivity index (χ2n) is 5.04. The van der Waals surface area contributed by atoms with Crippen LogP contribution in [-0.4, -0.2) is 41.8 Å². The van der Waals surface area contributed by atoms with Crippen molar-refractivity contribution < 1.29 is 5.11 Å². The van der Waals surface area contributed by atoms with Gasteiger partial charge in [0.2, 0.25) is 0 Å².